The van der Waals surface area contributed by atoms with Crippen molar-refractivity contribution in [3.8, 4) is 0 Å². The van der Waals surface area contributed by atoms with Gasteiger partial charge in [-0.05, 0) is 37.1 Å². The van der Waals surface area contributed by atoms with Gasteiger partial charge in [0, 0.05) is 19.0 Å². The fraction of sp³-hybridized carbons (Fsp3) is 0.400. The van der Waals surface area contributed by atoms with Crippen LogP contribution in [0.15, 0.2) is 42.5 Å². The molecule has 0 spiro atoms. The number of fused-ring (bicyclic) bond motifs is 1. The van der Waals surface area contributed by atoms with Crippen molar-refractivity contribution in [3.05, 3.63) is 48.0 Å². The SMILES string of the molecule is CC(C)(C)OC(=O)N1C[C@H](C(=O)O)[C@H](c2ccc3ccccc3c2)C1. The second-order valence-electron chi connectivity index (χ2n) is 7.54. The number of hydrogen-bond acceptors (Lipinski definition) is 3. The molecule has 1 saturated heterocycles. The molecule has 0 bridgehead atoms. The topological polar surface area (TPSA) is 66.8 Å². The molecule has 2 atom stereocenters. The fourth-order valence-electron chi connectivity index (χ4n) is 3.31. The lowest BCUT2D eigenvalue weighted by Gasteiger charge is -2.24. The molecule has 25 heavy (non-hydrogen) atoms. The van der Waals surface area contributed by atoms with Gasteiger partial charge in [-0.25, -0.2) is 4.79 Å². The minimum Gasteiger partial charge on any atom is -0.481 e. The van der Waals surface area contributed by atoms with Gasteiger partial charge in [-0.1, -0.05) is 42.5 Å². The van der Waals surface area contributed by atoms with Crippen LogP contribution in [0.4, 0.5) is 4.79 Å². The molecule has 3 rings (SSSR count). The molecular formula is C20H23NO4. The first-order valence-corrected chi connectivity index (χ1v) is 8.44. The number of amides is 1. The Hall–Kier alpha value is -2.56. The lowest BCUT2D eigenvalue weighted by molar-refractivity contribution is -0.141. The van der Waals surface area contributed by atoms with E-state index in [0.717, 1.165) is 16.3 Å². The van der Waals surface area contributed by atoms with Gasteiger partial charge in [0.25, 0.3) is 0 Å². The highest BCUT2D eigenvalue weighted by atomic mass is 16.6. The molecule has 132 valence electrons. The van der Waals surface area contributed by atoms with E-state index in [1.807, 2.05) is 42.5 Å². The molecule has 0 aliphatic carbocycles. The molecule has 1 aliphatic rings. The summed E-state index contributed by atoms with van der Waals surface area (Å²) in [5.74, 6) is -1.76. The second-order valence-corrected chi connectivity index (χ2v) is 7.54. The molecule has 5 nitrogen and oxygen atoms in total. The second kappa shape index (κ2) is 6.39. The van der Waals surface area contributed by atoms with Gasteiger partial charge in [-0.15, -0.1) is 0 Å². The Morgan fingerprint density at radius 1 is 1.08 bits per heavy atom. The third-order valence-electron chi connectivity index (χ3n) is 4.49. The lowest BCUT2D eigenvalue weighted by Crippen LogP contribution is -2.35. The summed E-state index contributed by atoms with van der Waals surface area (Å²) >= 11 is 0. The highest BCUT2D eigenvalue weighted by molar-refractivity contribution is 5.84. The van der Waals surface area contributed by atoms with E-state index in [0.29, 0.717) is 6.54 Å². The van der Waals surface area contributed by atoms with Crippen LogP contribution >= 0.6 is 0 Å². The van der Waals surface area contributed by atoms with Crippen LogP contribution in [0.25, 0.3) is 10.8 Å². The average molecular weight is 341 g/mol. The molecular weight excluding hydrogens is 318 g/mol. The minimum atomic E-state index is -0.885. The van der Waals surface area contributed by atoms with E-state index >= 15 is 0 Å². The molecule has 0 saturated carbocycles. The highest BCUT2D eigenvalue weighted by Gasteiger charge is 2.41. The Kier molecular flexibility index (Phi) is 4.41. The predicted molar refractivity (Wildman–Crippen MR) is 95.6 cm³/mol. The molecule has 5 heteroatoms. The third-order valence-corrected chi connectivity index (χ3v) is 4.49. The van der Waals surface area contributed by atoms with Crippen LogP contribution in [-0.2, 0) is 9.53 Å². The molecule has 1 fully saturated rings. The Morgan fingerprint density at radius 3 is 2.40 bits per heavy atom. The maximum atomic E-state index is 12.3. The van der Waals surface area contributed by atoms with E-state index in [4.69, 9.17) is 4.74 Å². The summed E-state index contributed by atoms with van der Waals surface area (Å²) in [6.45, 7) is 5.93. The standard InChI is InChI=1S/C20H23NO4/c1-20(2,3)25-19(24)21-11-16(17(12-21)18(22)23)15-9-8-13-6-4-5-7-14(13)10-15/h4-10,16-17H,11-12H2,1-3H3,(H,22,23)/t16-,17-/m0/s1. The summed E-state index contributed by atoms with van der Waals surface area (Å²) in [7, 11) is 0. The molecule has 2 aromatic carbocycles. The first kappa shape index (κ1) is 17.3. The van der Waals surface area contributed by atoms with Crippen molar-refractivity contribution in [2.45, 2.75) is 32.3 Å². The smallest absolute Gasteiger partial charge is 0.410 e. The number of likely N-dealkylation sites (tertiary alicyclic amines) is 1. The van der Waals surface area contributed by atoms with E-state index in [1.165, 1.54) is 4.90 Å². The van der Waals surface area contributed by atoms with E-state index in [-0.39, 0.29) is 12.5 Å². The summed E-state index contributed by atoms with van der Waals surface area (Å²) in [6.07, 6.45) is -0.456. The number of carboxylic acid groups (broad SMARTS) is 1. The number of carboxylic acids is 1. The molecule has 1 heterocycles. The van der Waals surface area contributed by atoms with Crippen LogP contribution in [0.1, 0.15) is 32.3 Å². The first-order chi connectivity index (χ1) is 11.7. The van der Waals surface area contributed by atoms with Gasteiger partial charge in [0.15, 0.2) is 0 Å². The third kappa shape index (κ3) is 3.76. The Bertz CT molecular complexity index is 809. The highest BCUT2D eigenvalue weighted by Crippen LogP contribution is 2.35. The quantitative estimate of drug-likeness (QED) is 0.900. The van der Waals surface area contributed by atoms with Gasteiger partial charge < -0.3 is 14.7 Å². The monoisotopic (exact) mass is 341 g/mol. The molecule has 1 amide bonds. The lowest BCUT2D eigenvalue weighted by atomic mass is 9.88. The molecule has 0 radical (unpaired) electrons. The summed E-state index contributed by atoms with van der Waals surface area (Å²) < 4.78 is 5.40. The van der Waals surface area contributed by atoms with Crippen LogP contribution in [0, 0.1) is 5.92 Å². The van der Waals surface area contributed by atoms with Crippen molar-refractivity contribution in [2.75, 3.05) is 13.1 Å². The van der Waals surface area contributed by atoms with E-state index in [2.05, 4.69) is 0 Å². The van der Waals surface area contributed by atoms with E-state index < -0.39 is 23.6 Å². The van der Waals surface area contributed by atoms with Crippen molar-refractivity contribution < 1.29 is 19.4 Å². The van der Waals surface area contributed by atoms with Crippen LogP contribution in [0.5, 0.6) is 0 Å². The first-order valence-electron chi connectivity index (χ1n) is 8.44. The van der Waals surface area contributed by atoms with Crippen molar-refractivity contribution >= 4 is 22.8 Å². The fourth-order valence-corrected chi connectivity index (χ4v) is 3.31. The molecule has 1 aliphatic heterocycles. The zero-order valence-corrected chi connectivity index (χ0v) is 14.7. The molecule has 0 unspecified atom stereocenters. The van der Waals surface area contributed by atoms with Gasteiger partial charge in [-0.2, -0.15) is 0 Å². The summed E-state index contributed by atoms with van der Waals surface area (Å²) in [5.41, 5.74) is 0.341. The number of aliphatic carboxylic acids is 1. The maximum absolute atomic E-state index is 12.3. The van der Waals surface area contributed by atoms with Crippen LogP contribution < -0.4 is 0 Å². The Balaban J connectivity index is 1.87. The zero-order valence-electron chi connectivity index (χ0n) is 14.7. The molecule has 1 N–H and O–H groups in total. The van der Waals surface area contributed by atoms with Crippen molar-refractivity contribution in [3.63, 3.8) is 0 Å². The largest absolute Gasteiger partial charge is 0.481 e. The van der Waals surface area contributed by atoms with E-state index in [9.17, 15) is 14.7 Å². The average Bonchev–Trinajstić information content (AvgIpc) is 2.98. The zero-order chi connectivity index (χ0) is 18.2. The maximum Gasteiger partial charge on any atom is 0.410 e. The van der Waals surface area contributed by atoms with Gasteiger partial charge in [0.2, 0.25) is 0 Å². The van der Waals surface area contributed by atoms with E-state index in [1.54, 1.807) is 20.8 Å². The number of ether oxygens (including phenoxy) is 1. The van der Waals surface area contributed by atoms with Crippen molar-refractivity contribution in [2.24, 2.45) is 5.92 Å². The summed E-state index contributed by atoms with van der Waals surface area (Å²) in [6, 6.07) is 13.9. The van der Waals surface area contributed by atoms with Gasteiger partial charge in [0.1, 0.15) is 5.60 Å². The number of hydrogen-bond donors (Lipinski definition) is 1. The number of rotatable bonds is 2. The van der Waals surface area contributed by atoms with Crippen molar-refractivity contribution in [1.29, 1.82) is 0 Å². The van der Waals surface area contributed by atoms with Gasteiger partial charge >= 0.3 is 12.1 Å². The minimum absolute atomic E-state index is 0.168. The van der Waals surface area contributed by atoms with Gasteiger partial charge in [0.05, 0.1) is 5.92 Å². The normalized spacial score (nSPS) is 20.7. The van der Waals surface area contributed by atoms with Gasteiger partial charge in [-0.3, -0.25) is 4.79 Å². The van der Waals surface area contributed by atoms with Crippen LogP contribution in [0.3, 0.4) is 0 Å². The molecule has 0 aromatic heterocycles. The Labute approximate surface area is 147 Å². The van der Waals surface area contributed by atoms with Crippen molar-refractivity contribution in [1.82, 2.24) is 4.90 Å². The summed E-state index contributed by atoms with van der Waals surface area (Å²) in [4.78, 5) is 25.6. The number of carbonyl (C=O) groups is 2. The molecule has 2 aromatic rings. The number of carbonyl (C=O) groups excluding carboxylic acids is 1. The summed E-state index contributed by atoms with van der Waals surface area (Å²) in [5, 5.41) is 11.8. The number of nitrogens with zero attached hydrogens (tertiary/aromatic N) is 1. The van der Waals surface area contributed by atoms with Crippen LogP contribution in [-0.4, -0.2) is 40.8 Å². The number of benzene rings is 2. The van der Waals surface area contributed by atoms with Crippen LogP contribution in [0.2, 0.25) is 0 Å². The Morgan fingerprint density at radius 2 is 1.76 bits per heavy atom. The predicted octanol–water partition coefficient (Wildman–Crippen LogP) is 3.87.